The molecule has 90 valence electrons. The van der Waals surface area contributed by atoms with Crippen molar-refractivity contribution in [2.45, 2.75) is 25.7 Å². The lowest BCUT2D eigenvalue weighted by atomic mass is 9.93. The molecule has 0 saturated carbocycles. The third kappa shape index (κ3) is 2.75. The fourth-order valence-electron chi connectivity index (χ4n) is 1.88. The minimum Gasteiger partial charge on any atom is -0.493 e. The first-order valence-electron chi connectivity index (χ1n) is 5.90. The Bertz CT molecular complexity index is 484. The number of rotatable bonds is 2. The van der Waals surface area contributed by atoms with Gasteiger partial charge in [0.15, 0.2) is 0 Å². The lowest BCUT2D eigenvalue weighted by Crippen LogP contribution is -2.00. The highest BCUT2D eigenvalue weighted by Crippen LogP contribution is 2.34. The molecule has 2 rings (SSSR count). The quantitative estimate of drug-likeness (QED) is 0.759. The molecule has 1 aliphatic rings. The summed E-state index contributed by atoms with van der Waals surface area (Å²) in [6, 6.07) is 4.05. The molecule has 0 unspecified atom stereocenters. The third-order valence-electron chi connectivity index (χ3n) is 2.83. The summed E-state index contributed by atoms with van der Waals surface area (Å²) in [6.07, 6.45) is 8.71. The van der Waals surface area contributed by atoms with Crippen LogP contribution in [0.4, 0.5) is 0 Å². The molecule has 2 heteroatoms. The Morgan fingerprint density at radius 1 is 1.18 bits per heavy atom. The summed E-state index contributed by atoms with van der Waals surface area (Å²) in [5, 5.41) is 0. The maximum absolute atomic E-state index is 5.67. The smallest absolute Gasteiger partial charge is 0.128 e. The van der Waals surface area contributed by atoms with Crippen molar-refractivity contribution in [1.29, 1.82) is 0 Å². The minimum absolute atomic E-state index is 0.0826. The first-order valence-corrected chi connectivity index (χ1v) is 6.35. The van der Waals surface area contributed by atoms with Crippen molar-refractivity contribution in [3.63, 3.8) is 0 Å². The maximum Gasteiger partial charge on any atom is 0.128 e. The highest BCUT2D eigenvalue weighted by Gasteiger charge is 2.15. The van der Waals surface area contributed by atoms with Gasteiger partial charge in [-0.2, -0.15) is 0 Å². The first kappa shape index (κ1) is 12.3. The van der Waals surface area contributed by atoms with E-state index in [0.29, 0.717) is 6.61 Å². The molecule has 0 radical (unpaired) electrons. The molecule has 0 aliphatic heterocycles. The summed E-state index contributed by atoms with van der Waals surface area (Å²) in [6.45, 7) is 7.05. The van der Waals surface area contributed by atoms with Crippen LogP contribution < -0.4 is 4.74 Å². The van der Waals surface area contributed by atoms with Crippen LogP contribution in [-0.4, -0.2) is 6.61 Å². The molecule has 1 nitrogen and oxygen atoms in total. The molecule has 0 bridgehead atoms. The molecule has 0 N–H and O–H groups in total. The molecule has 0 aromatic heterocycles. The van der Waals surface area contributed by atoms with E-state index in [1.807, 2.05) is 13.0 Å². The van der Waals surface area contributed by atoms with Crippen LogP contribution in [0.1, 0.15) is 31.9 Å². The van der Waals surface area contributed by atoms with E-state index in [9.17, 15) is 0 Å². The predicted molar refractivity (Wildman–Crippen MR) is 76.7 cm³/mol. The van der Waals surface area contributed by atoms with Crippen molar-refractivity contribution in [3.8, 4) is 5.75 Å². The average Bonchev–Trinajstić information content (AvgIpc) is 2.39. The van der Waals surface area contributed by atoms with E-state index in [-0.39, 0.29) is 5.41 Å². The zero-order valence-electron chi connectivity index (χ0n) is 10.5. The van der Waals surface area contributed by atoms with E-state index in [1.54, 1.807) is 0 Å². The summed E-state index contributed by atoms with van der Waals surface area (Å²) < 4.78 is 5.67. The van der Waals surface area contributed by atoms with E-state index < -0.39 is 0 Å². The Balaban J connectivity index is 2.56. The summed E-state index contributed by atoms with van der Waals surface area (Å²) in [5.41, 5.74) is 2.40. The molecular weight excluding hydrogens is 228 g/mol. The Morgan fingerprint density at radius 2 is 1.88 bits per heavy atom. The molecule has 1 aromatic carbocycles. The SMILES string of the molecule is CCOc1cc(S)cc2c1C=CC(C)(C)C=C2. The fraction of sp³-hybridized carbons (Fsp3) is 0.333. The van der Waals surface area contributed by atoms with Gasteiger partial charge >= 0.3 is 0 Å². The topological polar surface area (TPSA) is 9.23 Å². The van der Waals surface area contributed by atoms with E-state index in [4.69, 9.17) is 4.74 Å². The standard InChI is InChI=1S/C15H18OS/c1-4-16-14-10-12(17)9-11-5-7-15(2,3)8-6-13(11)14/h5-10,17H,4H2,1-3H3. The van der Waals surface area contributed by atoms with Crippen LogP contribution >= 0.6 is 12.6 Å². The van der Waals surface area contributed by atoms with Crippen LogP contribution in [0.5, 0.6) is 5.75 Å². The summed E-state index contributed by atoms with van der Waals surface area (Å²) in [7, 11) is 0. The molecular formula is C15H18OS. The molecule has 0 saturated heterocycles. The second-order valence-electron chi connectivity index (χ2n) is 4.87. The molecule has 0 atom stereocenters. The van der Waals surface area contributed by atoms with E-state index in [1.165, 1.54) is 5.56 Å². The molecule has 17 heavy (non-hydrogen) atoms. The van der Waals surface area contributed by atoms with Gasteiger partial charge in [0.2, 0.25) is 0 Å². The largest absolute Gasteiger partial charge is 0.493 e. The van der Waals surface area contributed by atoms with Gasteiger partial charge < -0.3 is 4.74 Å². The predicted octanol–water partition coefficient (Wildman–Crippen LogP) is 4.44. The van der Waals surface area contributed by atoms with E-state index >= 15 is 0 Å². The van der Waals surface area contributed by atoms with Gasteiger partial charge in [0, 0.05) is 15.9 Å². The summed E-state index contributed by atoms with van der Waals surface area (Å²) >= 11 is 4.42. The number of hydrogen-bond donors (Lipinski definition) is 1. The number of hydrogen-bond acceptors (Lipinski definition) is 2. The fourth-order valence-corrected chi connectivity index (χ4v) is 2.14. The molecule has 0 spiro atoms. The van der Waals surface area contributed by atoms with Crippen molar-refractivity contribution < 1.29 is 4.74 Å². The van der Waals surface area contributed by atoms with Crippen LogP contribution in [0.25, 0.3) is 12.2 Å². The molecule has 0 amide bonds. The van der Waals surface area contributed by atoms with Crippen LogP contribution in [-0.2, 0) is 0 Å². The van der Waals surface area contributed by atoms with Crippen molar-refractivity contribution in [3.05, 3.63) is 35.4 Å². The molecule has 1 aliphatic carbocycles. The minimum atomic E-state index is 0.0826. The van der Waals surface area contributed by atoms with Crippen molar-refractivity contribution in [2.75, 3.05) is 6.61 Å². The van der Waals surface area contributed by atoms with Gasteiger partial charge in [0.25, 0.3) is 0 Å². The van der Waals surface area contributed by atoms with Crippen molar-refractivity contribution in [1.82, 2.24) is 0 Å². The number of thiol groups is 1. The maximum atomic E-state index is 5.67. The van der Waals surface area contributed by atoms with Crippen LogP contribution in [0.2, 0.25) is 0 Å². The number of allylic oxidation sites excluding steroid dienone is 2. The van der Waals surface area contributed by atoms with E-state index in [2.05, 4.69) is 56.8 Å². The Hall–Kier alpha value is -1.15. The van der Waals surface area contributed by atoms with Crippen LogP contribution in [0, 0.1) is 5.41 Å². The van der Waals surface area contributed by atoms with Crippen molar-refractivity contribution >= 4 is 24.8 Å². The van der Waals surface area contributed by atoms with Gasteiger partial charge in [0.05, 0.1) is 6.61 Å². The van der Waals surface area contributed by atoms with Gasteiger partial charge in [-0.05, 0) is 24.6 Å². The van der Waals surface area contributed by atoms with Crippen LogP contribution in [0.3, 0.4) is 0 Å². The van der Waals surface area contributed by atoms with Gasteiger partial charge in [0.1, 0.15) is 5.75 Å². The van der Waals surface area contributed by atoms with Gasteiger partial charge in [-0.15, -0.1) is 12.6 Å². The lowest BCUT2D eigenvalue weighted by molar-refractivity contribution is 0.338. The monoisotopic (exact) mass is 246 g/mol. The lowest BCUT2D eigenvalue weighted by Gasteiger charge is -2.12. The number of fused-ring (bicyclic) bond motifs is 1. The zero-order valence-corrected chi connectivity index (χ0v) is 11.4. The number of ether oxygens (including phenoxy) is 1. The second kappa shape index (κ2) is 4.61. The van der Waals surface area contributed by atoms with Gasteiger partial charge in [-0.25, -0.2) is 0 Å². The molecule has 0 heterocycles. The Labute approximate surface area is 109 Å². The molecule has 1 aromatic rings. The van der Waals surface area contributed by atoms with E-state index in [0.717, 1.165) is 16.2 Å². The Kier molecular flexibility index (Phi) is 3.34. The third-order valence-corrected chi connectivity index (χ3v) is 3.09. The second-order valence-corrected chi connectivity index (χ2v) is 5.38. The Morgan fingerprint density at radius 3 is 2.59 bits per heavy atom. The summed E-state index contributed by atoms with van der Waals surface area (Å²) in [5.74, 6) is 0.911. The van der Waals surface area contributed by atoms with Crippen LogP contribution in [0.15, 0.2) is 29.2 Å². The van der Waals surface area contributed by atoms with Gasteiger partial charge in [-0.1, -0.05) is 38.2 Å². The highest BCUT2D eigenvalue weighted by molar-refractivity contribution is 7.80. The first-order chi connectivity index (χ1) is 8.02. The average molecular weight is 246 g/mol. The van der Waals surface area contributed by atoms with Gasteiger partial charge in [-0.3, -0.25) is 0 Å². The number of benzene rings is 1. The molecule has 0 fully saturated rings. The highest BCUT2D eigenvalue weighted by atomic mass is 32.1. The van der Waals surface area contributed by atoms with Crippen molar-refractivity contribution in [2.24, 2.45) is 5.41 Å². The normalized spacial score (nSPS) is 16.5. The zero-order chi connectivity index (χ0) is 12.5. The summed E-state index contributed by atoms with van der Waals surface area (Å²) in [4.78, 5) is 0.935.